The van der Waals surface area contributed by atoms with Gasteiger partial charge in [-0.25, -0.2) is 29.2 Å². The Morgan fingerprint density at radius 1 is 0.550 bits per heavy atom. The highest BCUT2D eigenvalue weighted by Gasteiger charge is 2.43. The van der Waals surface area contributed by atoms with Crippen molar-refractivity contribution in [1.82, 2.24) is 10.6 Å². The van der Waals surface area contributed by atoms with Crippen LogP contribution in [-0.2, 0) is 37.9 Å². The molecule has 2 aromatic rings. The van der Waals surface area contributed by atoms with Crippen LogP contribution < -0.4 is 21.3 Å². The fourth-order valence-corrected chi connectivity index (χ4v) is 9.58. The van der Waals surface area contributed by atoms with Gasteiger partial charge in [0, 0.05) is 52.4 Å². The second kappa shape index (κ2) is 42.9. The third-order valence-electron chi connectivity index (χ3n) is 11.9. The van der Waals surface area contributed by atoms with E-state index in [2.05, 4.69) is 89.8 Å². The van der Waals surface area contributed by atoms with Crippen molar-refractivity contribution in [3.63, 3.8) is 0 Å². The average Bonchev–Trinajstić information content (AvgIpc) is 3.28. The number of rotatable bonds is 22. The van der Waals surface area contributed by atoms with E-state index in [1.165, 1.54) is 14.2 Å². The molecule has 4 N–H and O–H groups in total. The van der Waals surface area contributed by atoms with Crippen LogP contribution in [0.2, 0.25) is 0 Å². The van der Waals surface area contributed by atoms with Gasteiger partial charge in [-0.15, -0.1) is 0 Å². The van der Waals surface area contributed by atoms with Gasteiger partial charge in [-0.2, -0.15) is 9.98 Å². The molecule has 0 heterocycles. The van der Waals surface area contributed by atoms with Crippen LogP contribution in [0, 0.1) is 35.5 Å². The average molecular weight is 1140 g/mol. The summed E-state index contributed by atoms with van der Waals surface area (Å²) in [5.41, 5.74) is 4.10. The summed E-state index contributed by atoms with van der Waals surface area (Å²) in [7, 11) is 6.22. The monoisotopic (exact) mass is 1140 g/mol. The SMILES string of the molecule is C.C.C.C.C.C.C.C.COCCOC(=O)NCC1(C)CC(N=C=NCC2(C)CC(NC(=O)OCCOC)CC(C)(C)C2)CC(C)(C)C1.COCCOC(=O)Nc1ccc(N=C=Nc2ccc(NC(=O)OCCOC)c(C)c2)c(C)c1. The molecule has 2 aliphatic rings. The molecule has 0 spiro atoms. The molecule has 2 aromatic carbocycles. The van der Waals surface area contributed by atoms with Gasteiger partial charge in [0.2, 0.25) is 0 Å². The molecule has 2 fully saturated rings. The second-order valence-electron chi connectivity index (χ2n) is 20.6. The van der Waals surface area contributed by atoms with Crippen LogP contribution in [0.1, 0.15) is 151 Å². The van der Waals surface area contributed by atoms with E-state index in [4.69, 9.17) is 42.9 Å². The van der Waals surface area contributed by atoms with Crippen molar-refractivity contribution in [2.24, 2.45) is 41.6 Å². The lowest BCUT2D eigenvalue weighted by Crippen LogP contribution is -2.48. The van der Waals surface area contributed by atoms with Gasteiger partial charge in [0.1, 0.15) is 32.4 Å². The summed E-state index contributed by atoms with van der Waals surface area (Å²) in [5, 5.41) is 11.3. The molecule has 4 unspecified atom stereocenters. The van der Waals surface area contributed by atoms with Crippen molar-refractivity contribution in [2.75, 3.05) is 105 Å². The van der Waals surface area contributed by atoms with Crippen LogP contribution in [0.4, 0.5) is 41.9 Å². The van der Waals surface area contributed by atoms with Gasteiger partial charge >= 0.3 is 24.4 Å². The molecule has 0 bridgehead atoms. The summed E-state index contributed by atoms with van der Waals surface area (Å²) in [6, 6.07) is 16.3. The zero-order valence-electron chi connectivity index (χ0n) is 44.6. The number of nitrogens with one attached hydrogen (secondary N) is 4. The fraction of sp³-hybridized carbons (Fsp3) is 0.700. The second-order valence-corrected chi connectivity index (χ2v) is 20.6. The number of ether oxygens (including phenoxy) is 8. The third kappa shape index (κ3) is 33.6. The highest BCUT2D eigenvalue weighted by atomic mass is 16.6. The van der Waals surface area contributed by atoms with E-state index in [0.717, 1.165) is 49.7 Å². The summed E-state index contributed by atoms with van der Waals surface area (Å²) in [4.78, 5) is 65.6. The smallest absolute Gasteiger partial charge is 0.411 e. The molecule has 0 radical (unpaired) electrons. The van der Waals surface area contributed by atoms with Crippen molar-refractivity contribution in [3.05, 3.63) is 47.5 Å². The van der Waals surface area contributed by atoms with Gasteiger partial charge < -0.3 is 48.5 Å². The Bertz CT molecular complexity index is 2200. The molecule has 20 heteroatoms. The maximum absolute atomic E-state index is 12.2. The lowest BCUT2D eigenvalue weighted by atomic mass is 9.62. The number of nitrogens with zero attached hydrogens (tertiary/aromatic N) is 4. The van der Waals surface area contributed by atoms with Gasteiger partial charge in [-0.3, -0.25) is 10.6 Å². The molecule has 0 saturated heterocycles. The first-order valence-electron chi connectivity index (χ1n) is 24.3. The number of amides is 4. The highest BCUT2D eigenvalue weighted by Crippen LogP contribution is 2.48. The van der Waals surface area contributed by atoms with Gasteiger partial charge in [-0.05, 0) is 122 Å². The van der Waals surface area contributed by atoms with Crippen molar-refractivity contribution < 1.29 is 57.1 Å². The zero-order valence-corrected chi connectivity index (χ0v) is 44.6. The molecule has 80 heavy (non-hydrogen) atoms. The van der Waals surface area contributed by atoms with Gasteiger partial charge in [0.25, 0.3) is 0 Å². The van der Waals surface area contributed by atoms with Gasteiger partial charge in [-0.1, -0.05) is 101 Å². The number of methoxy groups -OCH3 is 4. The number of hydrogen-bond donors (Lipinski definition) is 4. The number of hydrogen-bond acceptors (Lipinski definition) is 16. The van der Waals surface area contributed by atoms with Crippen LogP contribution in [0.3, 0.4) is 0 Å². The van der Waals surface area contributed by atoms with E-state index in [-0.39, 0.29) is 120 Å². The highest BCUT2D eigenvalue weighted by molar-refractivity contribution is 5.86. The largest absolute Gasteiger partial charge is 0.447 e. The minimum Gasteiger partial charge on any atom is -0.447 e. The Hall–Kier alpha value is -5.88. The van der Waals surface area contributed by atoms with E-state index in [0.29, 0.717) is 62.3 Å². The van der Waals surface area contributed by atoms with E-state index < -0.39 is 24.4 Å². The van der Waals surface area contributed by atoms with Gasteiger partial charge in [0.05, 0.1) is 56.4 Å². The molecule has 4 atom stereocenters. The number of benzene rings is 2. The number of alkyl carbamates (subject to hydrolysis) is 2. The van der Waals surface area contributed by atoms with E-state index in [1.54, 1.807) is 50.6 Å². The van der Waals surface area contributed by atoms with Gasteiger partial charge in [0.15, 0.2) is 0 Å². The number of carbonyl (C=O) groups excluding carboxylic acids is 4. The number of anilines is 2. The Labute approximate surface area is 484 Å². The molecule has 4 rings (SSSR count). The van der Waals surface area contributed by atoms with Crippen molar-refractivity contribution in [2.45, 2.75) is 165 Å². The van der Waals surface area contributed by atoms with Crippen molar-refractivity contribution in [1.29, 1.82) is 0 Å². The lowest BCUT2D eigenvalue weighted by molar-refractivity contribution is 0.0642. The van der Waals surface area contributed by atoms with Crippen LogP contribution in [0.15, 0.2) is 56.4 Å². The van der Waals surface area contributed by atoms with Crippen LogP contribution in [0.5, 0.6) is 0 Å². The van der Waals surface area contributed by atoms with Crippen molar-refractivity contribution in [3.8, 4) is 0 Å². The standard InChI is InChI=1S/C29H52N4O6.C23H28N4O6.8CH4/c1-26(2)13-22(15-29(6,18-26)20-31-24(34)38-11-9-36-7)32-21-30-19-28(5)16-23(14-27(3,4)17-28)33-25(35)39-12-10-37-8;1-16-14-19(26-22(28)32-11-9-30-3)6-7-20(16)25-15-24-18-5-8-21(17(2)13-18)27-23(29)33-12-10-31-4;;;;;;;;/h22-23H,9-20H2,1-8H3,(H,31,34)(H,33,35);5-8,13-14H,9-12H2,1-4H3,(H,26,28)(H,27,29);8*1H4. The first-order valence-corrected chi connectivity index (χ1v) is 24.3. The number of carbonyl (C=O) groups is 4. The van der Waals surface area contributed by atoms with Crippen molar-refractivity contribution >= 4 is 59.1 Å². The molecule has 0 aromatic heterocycles. The maximum Gasteiger partial charge on any atom is 0.411 e. The first-order chi connectivity index (χ1) is 34.1. The van der Waals surface area contributed by atoms with Crippen LogP contribution in [-0.4, -0.2) is 143 Å². The Kier molecular flexibility index (Phi) is 45.8. The number of aliphatic imine (C=N–C) groups is 4. The van der Waals surface area contributed by atoms with E-state index >= 15 is 0 Å². The predicted molar refractivity (Wildman–Crippen MR) is 330 cm³/mol. The lowest BCUT2D eigenvalue weighted by Gasteiger charge is -2.46. The molecular formula is C60H112N8O12. The molecule has 0 aliphatic heterocycles. The van der Waals surface area contributed by atoms with Crippen LogP contribution >= 0.6 is 0 Å². The normalized spacial score (nSPS) is 18.5. The molecule has 2 aliphatic carbocycles. The summed E-state index contributed by atoms with van der Waals surface area (Å²) in [5.74, 6) is 0. The summed E-state index contributed by atoms with van der Waals surface area (Å²) in [6.07, 6.45) is 3.57. The first kappa shape index (κ1) is 85.4. The predicted octanol–water partition coefficient (Wildman–Crippen LogP) is 15.0. The Balaban J connectivity index is -0.000000314. The fourth-order valence-electron chi connectivity index (χ4n) is 9.58. The zero-order chi connectivity index (χ0) is 53.2. The molecule has 4 amide bonds. The minimum absolute atomic E-state index is 0. The molecule has 2 saturated carbocycles. The third-order valence-corrected chi connectivity index (χ3v) is 11.9. The summed E-state index contributed by atoms with van der Waals surface area (Å²) < 4.78 is 39.9. The molecule has 464 valence electrons. The summed E-state index contributed by atoms with van der Waals surface area (Å²) in [6.45, 7) is 20.5. The van der Waals surface area contributed by atoms with E-state index in [1.807, 2.05) is 13.8 Å². The topological polar surface area (TPSA) is 240 Å². The summed E-state index contributed by atoms with van der Waals surface area (Å²) >= 11 is 0. The number of aryl methyl sites for hydroxylation is 2. The van der Waals surface area contributed by atoms with Crippen LogP contribution in [0.25, 0.3) is 0 Å². The Morgan fingerprint density at radius 2 is 1.06 bits per heavy atom. The quantitative estimate of drug-likeness (QED) is 0.0489. The van der Waals surface area contributed by atoms with E-state index in [9.17, 15) is 19.2 Å². The Morgan fingerprint density at radius 3 is 1.60 bits per heavy atom. The molecular weight excluding hydrogens is 1020 g/mol. The molecule has 20 nitrogen and oxygen atoms in total. The maximum atomic E-state index is 12.2. The minimum atomic E-state index is -0.555.